The Morgan fingerprint density at radius 3 is 2.60 bits per heavy atom. The summed E-state index contributed by atoms with van der Waals surface area (Å²) in [5.74, 6) is -0.182. The molecule has 0 saturated heterocycles. The van der Waals surface area contributed by atoms with Gasteiger partial charge in [-0.3, -0.25) is 4.68 Å². The number of aryl methyl sites for hydroxylation is 3. The van der Waals surface area contributed by atoms with E-state index in [4.69, 9.17) is 24.4 Å². The number of carbonyl (C=O) groups is 1. The molecule has 0 bridgehead atoms. The van der Waals surface area contributed by atoms with Crippen molar-refractivity contribution in [3.05, 3.63) is 94.7 Å². The highest BCUT2D eigenvalue weighted by atomic mass is 19.4. The summed E-state index contributed by atoms with van der Waals surface area (Å²) in [5.41, 5.74) is 6.41. The van der Waals surface area contributed by atoms with Gasteiger partial charge in [0, 0.05) is 31.5 Å². The first kappa shape index (κ1) is 33.2. The summed E-state index contributed by atoms with van der Waals surface area (Å²) in [6.45, 7) is 0.968. The summed E-state index contributed by atoms with van der Waals surface area (Å²) in [4.78, 5) is 15.0. The Labute approximate surface area is 256 Å². The summed E-state index contributed by atoms with van der Waals surface area (Å²) < 4.78 is 75.2. The first-order chi connectivity index (χ1) is 21.6. The van der Waals surface area contributed by atoms with Gasteiger partial charge in [-0.1, -0.05) is 23.4 Å². The van der Waals surface area contributed by atoms with Crippen LogP contribution in [0.3, 0.4) is 0 Å². The number of carbonyl (C=O) groups excluding carboxylic acids is 1. The normalized spacial score (nSPS) is 12.5. The van der Waals surface area contributed by atoms with Crippen molar-refractivity contribution >= 4 is 18.2 Å². The number of amides is 1. The number of alkyl halides is 3. The summed E-state index contributed by atoms with van der Waals surface area (Å²) >= 11 is 0. The first-order valence-electron chi connectivity index (χ1n) is 14.1. The molecule has 0 aliphatic carbocycles. The quantitative estimate of drug-likeness (QED) is 0.114. The van der Waals surface area contributed by atoms with Crippen LogP contribution in [-0.2, 0) is 41.6 Å². The SMILES string of the molecule is COC(CCc1cn(CCCCc2ccc(OCc3coc(C=Cc4ccc(C(F)(F)F)cc4F)n3)cc2)nn1)COC(N)=O. The van der Waals surface area contributed by atoms with Gasteiger partial charge in [-0.05, 0) is 68.0 Å². The Bertz CT molecular complexity index is 1550. The molecule has 14 heteroatoms. The van der Waals surface area contributed by atoms with Crippen molar-refractivity contribution < 1.29 is 41.0 Å². The van der Waals surface area contributed by atoms with Crippen LogP contribution in [0.2, 0.25) is 0 Å². The zero-order valence-electron chi connectivity index (χ0n) is 24.5. The largest absolute Gasteiger partial charge is 0.487 e. The number of methoxy groups -OCH3 is 1. The fourth-order valence-electron chi connectivity index (χ4n) is 4.29. The van der Waals surface area contributed by atoms with E-state index in [-0.39, 0.29) is 30.8 Å². The summed E-state index contributed by atoms with van der Waals surface area (Å²) in [5, 5.41) is 8.37. The van der Waals surface area contributed by atoms with Crippen molar-refractivity contribution in [2.75, 3.05) is 13.7 Å². The van der Waals surface area contributed by atoms with Crippen LogP contribution in [0.4, 0.5) is 22.4 Å². The number of rotatable bonds is 16. The number of unbranched alkanes of at least 4 members (excludes halogenated alkanes) is 1. The second kappa shape index (κ2) is 15.8. The van der Waals surface area contributed by atoms with Crippen LogP contribution in [0, 0.1) is 5.82 Å². The van der Waals surface area contributed by atoms with Gasteiger partial charge in [0.25, 0.3) is 0 Å². The minimum atomic E-state index is -4.61. The lowest BCUT2D eigenvalue weighted by Crippen LogP contribution is -2.24. The monoisotopic (exact) mass is 631 g/mol. The lowest BCUT2D eigenvalue weighted by molar-refractivity contribution is -0.137. The Balaban J connectivity index is 1.15. The standard InChI is InChI=1S/C31H33F4N5O5/c1-42-27(20-45-30(36)41)13-10-24-17-40(39-38-24)15-3-2-4-21-5-11-26(12-6-21)43-18-25-19-44-29(37-25)14-8-22-7-9-23(16-28(22)32)31(33,34)35/h5-9,11-12,14,16-17,19,27H,2-4,10,13,15,18,20H2,1H3,(H2,36,41). The van der Waals surface area contributed by atoms with Crippen LogP contribution in [-0.4, -0.2) is 45.9 Å². The molecule has 1 atom stereocenters. The second-order valence-electron chi connectivity index (χ2n) is 10.1. The van der Waals surface area contributed by atoms with Crippen molar-refractivity contribution in [1.29, 1.82) is 0 Å². The van der Waals surface area contributed by atoms with Gasteiger partial charge in [0.1, 0.15) is 36.7 Å². The molecule has 4 aromatic rings. The number of nitrogens with two attached hydrogens (primary N) is 1. The van der Waals surface area contributed by atoms with E-state index in [1.54, 1.807) is 7.11 Å². The molecule has 240 valence electrons. The van der Waals surface area contributed by atoms with Gasteiger partial charge >= 0.3 is 12.3 Å². The summed E-state index contributed by atoms with van der Waals surface area (Å²) in [6, 6.07) is 10.0. The molecule has 1 amide bonds. The zero-order chi connectivity index (χ0) is 32.2. The number of nitrogens with zero attached hydrogens (tertiary/aromatic N) is 4. The molecule has 10 nitrogen and oxygen atoms in total. The predicted molar refractivity (Wildman–Crippen MR) is 155 cm³/mol. The molecule has 2 heterocycles. The average Bonchev–Trinajstić information content (AvgIpc) is 3.67. The summed E-state index contributed by atoms with van der Waals surface area (Å²) in [6.07, 6.45) is 4.27. The number of benzene rings is 2. The third-order valence-corrected chi connectivity index (χ3v) is 6.77. The molecule has 0 fully saturated rings. The Morgan fingerprint density at radius 1 is 1.09 bits per heavy atom. The lowest BCUT2D eigenvalue weighted by Gasteiger charge is -2.13. The number of oxazole rings is 1. The second-order valence-corrected chi connectivity index (χ2v) is 10.1. The minimum absolute atomic E-state index is 0.0228. The molecule has 0 aliphatic rings. The molecule has 0 radical (unpaired) electrons. The van der Waals surface area contributed by atoms with E-state index in [1.165, 1.54) is 18.4 Å². The van der Waals surface area contributed by atoms with Crippen LogP contribution in [0.1, 0.15) is 53.2 Å². The summed E-state index contributed by atoms with van der Waals surface area (Å²) in [7, 11) is 1.55. The van der Waals surface area contributed by atoms with Crippen LogP contribution in [0.25, 0.3) is 12.2 Å². The number of halogens is 4. The maximum absolute atomic E-state index is 14.0. The van der Waals surface area contributed by atoms with Crippen molar-refractivity contribution in [2.24, 2.45) is 5.73 Å². The number of hydrogen-bond donors (Lipinski definition) is 1. The maximum Gasteiger partial charge on any atom is 0.416 e. The van der Waals surface area contributed by atoms with E-state index in [9.17, 15) is 22.4 Å². The highest BCUT2D eigenvalue weighted by Gasteiger charge is 2.31. The van der Waals surface area contributed by atoms with Gasteiger partial charge in [-0.25, -0.2) is 14.2 Å². The van der Waals surface area contributed by atoms with Gasteiger partial charge in [0.15, 0.2) is 0 Å². The maximum atomic E-state index is 14.0. The number of primary amides is 1. The van der Waals surface area contributed by atoms with Crippen molar-refractivity contribution in [3.8, 4) is 5.75 Å². The van der Waals surface area contributed by atoms with E-state index in [1.807, 2.05) is 35.1 Å². The molecular weight excluding hydrogens is 598 g/mol. The highest BCUT2D eigenvalue weighted by Crippen LogP contribution is 2.30. The average molecular weight is 632 g/mol. The van der Waals surface area contributed by atoms with Crippen LogP contribution >= 0.6 is 0 Å². The van der Waals surface area contributed by atoms with E-state index < -0.39 is 23.7 Å². The molecule has 45 heavy (non-hydrogen) atoms. The Morgan fingerprint density at radius 2 is 1.89 bits per heavy atom. The molecule has 0 aliphatic heterocycles. The topological polar surface area (TPSA) is 128 Å². The fraction of sp³-hybridized carbons (Fsp3) is 0.355. The smallest absolute Gasteiger partial charge is 0.416 e. The van der Waals surface area contributed by atoms with Crippen molar-refractivity contribution in [3.63, 3.8) is 0 Å². The van der Waals surface area contributed by atoms with Gasteiger partial charge in [-0.2, -0.15) is 13.2 Å². The molecule has 2 N–H and O–H groups in total. The molecular formula is C31H33F4N5O5. The first-order valence-corrected chi connectivity index (χ1v) is 14.1. The predicted octanol–water partition coefficient (Wildman–Crippen LogP) is 6.24. The van der Waals surface area contributed by atoms with E-state index >= 15 is 0 Å². The van der Waals surface area contributed by atoms with Gasteiger partial charge in [0.05, 0.1) is 17.4 Å². The number of aromatic nitrogens is 4. The third-order valence-electron chi connectivity index (χ3n) is 6.77. The fourth-order valence-corrected chi connectivity index (χ4v) is 4.29. The van der Waals surface area contributed by atoms with Crippen molar-refractivity contribution in [2.45, 2.75) is 57.5 Å². The van der Waals surface area contributed by atoms with Crippen LogP contribution in [0.5, 0.6) is 5.75 Å². The number of ether oxygens (including phenoxy) is 3. The van der Waals surface area contributed by atoms with Crippen LogP contribution < -0.4 is 10.5 Å². The third kappa shape index (κ3) is 10.7. The molecule has 2 aromatic carbocycles. The molecule has 0 saturated carbocycles. The molecule has 4 rings (SSSR count). The van der Waals surface area contributed by atoms with E-state index in [0.717, 1.165) is 49.2 Å². The molecule has 1 unspecified atom stereocenters. The minimum Gasteiger partial charge on any atom is -0.487 e. The van der Waals surface area contributed by atoms with E-state index in [0.29, 0.717) is 30.4 Å². The van der Waals surface area contributed by atoms with Gasteiger partial charge in [-0.15, -0.1) is 5.10 Å². The Kier molecular flexibility index (Phi) is 11.7. The molecule has 0 spiro atoms. The van der Waals surface area contributed by atoms with E-state index in [2.05, 4.69) is 15.3 Å². The lowest BCUT2D eigenvalue weighted by atomic mass is 10.1. The molecule has 2 aromatic heterocycles. The van der Waals surface area contributed by atoms with Crippen LogP contribution in [0.15, 0.2) is 59.3 Å². The van der Waals surface area contributed by atoms with Crippen molar-refractivity contribution in [1.82, 2.24) is 20.0 Å². The number of hydrogen-bond acceptors (Lipinski definition) is 8. The zero-order valence-corrected chi connectivity index (χ0v) is 24.5. The van der Waals surface area contributed by atoms with Gasteiger partial charge < -0.3 is 24.4 Å². The Hall–Kier alpha value is -4.72. The van der Waals surface area contributed by atoms with Gasteiger partial charge in [0.2, 0.25) is 5.89 Å². The highest BCUT2D eigenvalue weighted by molar-refractivity contribution is 5.66.